The van der Waals surface area contributed by atoms with Crippen molar-refractivity contribution in [2.75, 3.05) is 29.9 Å². The van der Waals surface area contributed by atoms with Crippen LogP contribution in [0.5, 0.6) is 5.75 Å². The number of nitrogens with zero attached hydrogens (tertiary/aromatic N) is 1. The van der Waals surface area contributed by atoms with E-state index in [0.717, 1.165) is 12.0 Å². The molecule has 3 rings (SSSR count). The van der Waals surface area contributed by atoms with Crippen molar-refractivity contribution < 1.29 is 19.1 Å². The maximum Gasteiger partial charge on any atom is 0.265 e. The van der Waals surface area contributed by atoms with Crippen LogP contribution in [-0.4, -0.2) is 37.4 Å². The van der Waals surface area contributed by atoms with Crippen molar-refractivity contribution in [1.29, 1.82) is 0 Å². The predicted molar refractivity (Wildman–Crippen MR) is 112 cm³/mol. The van der Waals surface area contributed by atoms with Crippen molar-refractivity contribution in [3.63, 3.8) is 0 Å². The molecular formula is C22H23N3O4. The number of anilines is 2. The molecule has 2 aromatic rings. The Hall–Kier alpha value is -3.61. The molecule has 0 radical (unpaired) electrons. The van der Waals surface area contributed by atoms with Crippen molar-refractivity contribution in [2.24, 2.45) is 0 Å². The highest BCUT2D eigenvalue weighted by atomic mass is 16.5. The molecule has 1 aliphatic heterocycles. The molecule has 0 bridgehead atoms. The van der Waals surface area contributed by atoms with Gasteiger partial charge in [0.2, 0.25) is 11.8 Å². The number of ether oxygens (including phenoxy) is 1. The predicted octanol–water partition coefficient (Wildman–Crippen LogP) is 2.59. The highest BCUT2D eigenvalue weighted by Crippen LogP contribution is 2.34. The van der Waals surface area contributed by atoms with Crippen LogP contribution in [-0.2, 0) is 14.4 Å². The van der Waals surface area contributed by atoms with Crippen molar-refractivity contribution in [3.8, 4) is 5.75 Å². The summed E-state index contributed by atoms with van der Waals surface area (Å²) in [7, 11) is 0. The fourth-order valence-electron chi connectivity index (χ4n) is 2.84. The number of rotatable bonds is 7. The molecule has 0 saturated heterocycles. The highest BCUT2D eigenvalue weighted by molar-refractivity contribution is 6.05. The van der Waals surface area contributed by atoms with Gasteiger partial charge in [0.1, 0.15) is 12.3 Å². The summed E-state index contributed by atoms with van der Waals surface area (Å²) < 4.78 is 5.44. The Bertz CT molecular complexity index is 925. The Labute approximate surface area is 169 Å². The quantitative estimate of drug-likeness (QED) is 0.708. The van der Waals surface area contributed by atoms with Crippen LogP contribution in [0.15, 0.2) is 54.6 Å². The van der Waals surface area contributed by atoms with Gasteiger partial charge in [-0.1, -0.05) is 37.3 Å². The topological polar surface area (TPSA) is 87.7 Å². The maximum atomic E-state index is 12.3. The third kappa shape index (κ3) is 5.44. The van der Waals surface area contributed by atoms with Gasteiger partial charge in [0.25, 0.3) is 5.91 Å². The molecular weight excluding hydrogens is 370 g/mol. The third-order valence-electron chi connectivity index (χ3n) is 4.27. The van der Waals surface area contributed by atoms with Crippen molar-refractivity contribution >= 4 is 35.2 Å². The number of carbonyl (C=O) groups excluding carboxylic acids is 3. The monoisotopic (exact) mass is 393 g/mol. The lowest BCUT2D eigenvalue weighted by atomic mass is 10.2. The second kappa shape index (κ2) is 9.54. The van der Waals surface area contributed by atoms with E-state index in [-0.39, 0.29) is 30.9 Å². The van der Waals surface area contributed by atoms with Gasteiger partial charge in [-0.2, -0.15) is 0 Å². The second-order valence-electron chi connectivity index (χ2n) is 6.53. The summed E-state index contributed by atoms with van der Waals surface area (Å²) in [4.78, 5) is 38.0. The minimum Gasteiger partial charge on any atom is -0.482 e. The van der Waals surface area contributed by atoms with Crippen LogP contribution in [0.25, 0.3) is 6.08 Å². The van der Waals surface area contributed by atoms with Crippen LogP contribution in [0.2, 0.25) is 0 Å². The lowest BCUT2D eigenvalue weighted by Gasteiger charge is -2.29. The number of hydrogen-bond acceptors (Lipinski definition) is 4. The Morgan fingerprint density at radius 3 is 2.72 bits per heavy atom. The Kier molecular flexibility index (Phi) is 6.63. The van der Waals surface area contributed by atoms with Crippen molar-refractivity contribution in [1.82, 2.24) is 5.32 Å². The standard InChI is InChI=1S/C22H23N3O4/c1-2-12-23-21(27)14-25-18-13-17(9-10-19(18)29-15-22(25)28)24-20(26)11-8-16-6-4-3-5-7-16/h3-11,13H,2,12,14-15H2,1H3,(H,23,27)(H,24,26)/b11-8+. The molecule has 150 valence electrons. The Morgan fingerprint density at radius 1 is 1.17 bits per heavy atom. The molecule has 7 heteroatoms. The second-order valence-corrected chi connectivity index (χ2v) is 6.53. The first-order valence-corrected chi connectivity index (χ1v) is 9.45. The van der Waals surface area contributed by atoms with Gasteiger partial charge in [0.15, 0.2) is 6.61 Å². The van der Waals surface area contributed by atoms with Crippen molar-refractivity contribution in [2.45, 2.75) is 13.3 Å². The van der Waals surface area contributed by atoms with E-state index in [9.17, 15) is 14.4 Å². The number of carbonyl (C=O) groups is 3. The first-order chi connectivity index (χ1) is 14.1. The molecule has 29 heavy (non-hydrogen) atoms. The molecule has 0 atom stereocenters. The zero-order valence-corrected chi connectivity index (χ0v) is 16.2. The van der Waals surface area contributed by atoms with E-state index in [4.69, 9.17) is 4.74 Å². The van der Waals surface area contributed by atoms with Crippen molar-refractivity contribution in [3.05, 3.63) is 60.2 Å². The zero-order chi connectivity index (χ0) is 20.6. The number of fused-ring (bicyclic) bond motifs is 1. The maximum absolute atomic E-state index is 12.3. The van der Waals surface area contributed by atoms with Crippen LogP contribution in [0.4, 0.5) is 11.4 Å². The minimum absolute atomic E-state index is 0.0967. The molecule has 1 heterocycles. The van der Waals surface area contributed by atoms with Crippen LogP contribution in [0.1, 0.15) is 18.9 Å². The number of nitrogens with one attached hydrogen (secondary N) is 2. The van der Waals surface area contributed by atoms with Gasteiger partial charge < -0.3 is 15.4 Å². The summed E-state index contributed by atoms with van der Waals surface area (Å²) >= 11 is 0. The van der Waals surface area contributed by atoms with E-state index < -0.39 is 0 Å². The van der Waals surface area contributed by atoms with Gasteiger partial charge in [-0.25, -0.2) is 0 Å². The SMILES string of the molecule is CCCNC(=O)CN1C(=O)COc2ccc(NC(=O)/C=C/c3ccccc3)cc21. The highest BCUT2D eigenvalue weighted by Gasteiger charge is 2.27. The molecule has 2 N–H and O–H groups in total. The van der Waals surface area contributed by atoms with E-state index in [1.165, 1.54) is 11.0 Å². The molecule has 3 amide bonds. The Morgan fingerprint density at radius 2 is 1.97 bits per heavy atom. The van der Waals surface area contributed by atoms with E-state index in [0.29, 0.717) is 23.7 Å². The first kappa shape index (κ1) is 20.1. The Balaban J connectivity index is 1.72. The lowest BCUT2D eigenvalue weighted by molar-refractivity contribution is -0.125. The van der Waals surface area contributed by atoms with E-state index in [2.05, 4.69) is 10.6 Å². The molecule has 0 aromatic heterocycles. The van der Waals surface area contributed by atoms with Gasteiger partial charge in [-0.05, 0) is 36.3 Å². The molecule has 0 unspecified atom stereocenters. The number of amides is 3. The summed E-state index contributed by atoms with van der Waals surface area (Å²) in [6.07, 6.45) is 3.96. The molecule has 0 fully saturated rings. The summed E-state index contributed by atoms with van der Waals surface area (Å²) in [6, 6.07) is 14.5. The summed E-state index contributed by atoms with van der Waals surface area (Å²) in [6.45, 7) is 2.28. The molecule has 7 nitrogen and oxygen atoms in total. The molecule has 0 saturated carbocycles. The number of benzene rings is 2. The van der Waals surface area contributed by atoms with Crippen LogP contribution < -0.4 is 20.3 Å². The summed E-state index contributed by atoms with van der Waals surface area (Å²) in [5, 5.41) is 5.52. The fraction of sp³-hybridized carbons (Fsp3) is 0.227. The third-order valence-corrected chi connectivity index (χ3v) is 4.27. The molecule has 0 spiro atoms. The molecule has 2 aromatic carbocycles. The van der Waals surface area contributed by atoms with Crippen LogP contribution in [0.3, 0.4) is 0 Å². The molecule has 1 aliphatic rings. The van der Waals surface area contributed by atoms with E-state index in [1.807, 2.05) is 37.3 Å². The van der Waals surface area contributed by atoms with Gasteiger partial charge >= 0.3 is 0 Å². The van der Waals surface area contributed by atoms with E-state index >= 15 is 0 Å². The van der Waals surface area contributed by atoms with Crippen LogP contribution >= 0.6 is 0 Å². The summed E-state index contributed by atoms with van der Waals surface area (Å²) in [5.41, 5.74) is 1.87. The van der Waals surface area contributed by atoms with Gasteiger partial charge in [0.05, 0.1) is 5.69 Å². The molecule has 0 aliphatic carbocycles. The number of hydrogen-bond donors (Lipinski definition) is 2. The normalized spacial score (nSPS) is 13.0. The average molecular weight is 393 g/mol. The summed E-state index contributed by atoms with van der Waals surface area (Å²) in [5.74, 6) is -0.361. The largest absolute Gasteiger partial charge is 0.482 e. The van der Waals surface area contributed by atoms with Gasteiger partial charge in [-0.3, -0.25) is 19.3 Å². The van der Waals surface area contributed by atoms with Crippen LogP contribution in [0, 0.1) is 0 Å². The van der Waals surface area contributed by atoms with Gasteiger partial charge in [-0.15, -0.1) is 0 Å². The smallest absolute Gasteiger partial charge is 0.265 e. The lowest BCUT2D eigenvalue weighted by Crippen LogP contribution is -2.45. The van der Waals surface area contributed by atoms with E-state index in [1.54, 1.807) is 24.3 Å². The minimum atomic E-state index is -0.309. The van der Waals surface area contributed by atoms with Gasteiger partial charge in [0, 0.05) is 18.3 Å². The fourth-order valence-corrected chi connectivity index (χ4v) is 2.84. The average Bonchev–Trinajstić information content (AvgIpc) is 2.73. The zero-order valence-electron chi connectivity index (χ0n) is 16.2. The first-order valence-electron chi connectivity index (χ1n) is 9.45.